The molecule has 0 bridgehead atoms. The zero-order valence-electron chi connectivity index (χ0n) is 14.4. The average Bonchev–Trinajstić information content (AvgIpc) is 2.79. The second-order valence-electron chi connectivity index (χ2n) is 9.05. The number of hydrogen-bond acceptors (Lipinski definition) is 3. The van der Waals surface area contributed by atoms with Gasteiger partial charge in [0.1, 0.15) is 11.9 Å². The topological polar surface area (TPSA) is 60.7 Å². The summed E-state index contributed by atoms with van der Waals surface area (Å²) in [6.45, 7) is 8.84. The van der Waals surface area contributed by atoms with Gasteiger partial charge in [-0.25, -0.2) is 0 Å². The molecule has 3 nitrogen and oxygen atoms in total. The van der Waals surface area contributed by atoms with Gasteiger partial charge in [-0.1, -0.05) is 20.4 Å². The Morgan fingerprint density at radius 1 is 1.00 bits per heavy atom. The summed E-state index contributed by atoms with van der Waals surface area (Å²) in [6, 6.07) is 0. The van der Waals surface area contributed by atoms with Gasteiger partial charge in [0.25, 0.3) is 0 Å². The van der Waals surface area contributed by atoms with Gasteiger partial charge in [0, 0.05) is 5.57 Å². The lowest BCUT2D eigenvalue weighted by molar-refractivity contribution is -0.0720. The van der Waals surface area contributed by atoms with Gasteiger partial charge in [-0.05, 0) is 79.1 Å². The van der Waals surface area contributed by atoms with E-state index >= 15 is 0 Å². The summed E-state index contributed by atoms with van der Waals surface area (Å²) in [5.74, 6) is 1.86. The molecule has 0 aromatic rings. The van der Waals surface area contributed by atoms with E-state index in [-0.39, 0.29) is 22.7 Å². The number of allylic oxidation sites excluding steroid dienone is 2. The number of aliphatic hydroxyl groups excluding tert-OH is 3. The van der Waals surface area contributed by atoms with Crippen molar-refractivity contribution in [1.82, 2.24) is 0 Å². The predicted octanol–water partition coefficient (Wildman–Crippen LogP) is 3.72. The molecule has 7 atom stereocenters. The van der Waals surface area contributed by atoms with Crippen LogP contribution in [0.5, 0.6) is 0 Å². The number of rotatable bonds is 0. The molecule has 0 radical (unpaired) electrons. The van der Waals surface area contributed by atoms with Gasteiger partial charge in [-0.2, -0.15) is 0 Å². The highest BCUT2D eigenvalue weighted by atomic mass is 16.3. The van der Waals surface area contributed by atoms with E-state index in [1.807, 2.05) is 0 Å². The van der Waals surface area contributed by atoms with E-state index in [1.54, 1.807) is 0 Å². The Bertz CT molecular complexity index is 579. The Kier molecular flexibility index (Phi) is 3.32. The van der Waals surface area contributed by atoms with Crippen LogP contribution in [0.4, 0.5) is 0 Å². The minimum Gasteiger partial charge on any atom is -0.509 e. The highest BCUT2D eigenvalue weighted by Gasteiger charge is 2.60. The van der Waals surface area contributed by atoms with Gasteiger partial charge in [-0.15, -0.1) is 0 Å². The van der Waals surface area contributed by atoms with Crippen LogP contribution in [0.3, 0.4) is 0 Å². The molecule has 0 aromatic heterocycles. The smallest absolute Gasteiger partial charge is 0.125 e. The van der Waals surface area contributed by atoms with E-state index in [0.717, 1.165) is 49.7 Å². The molecular formula is C20H30O3. The molecule has 23 heavy (non-hydrogen) atoms. The minimum atomic E-state index is -0.714. The predicted molar refractivity (Wildman–Crippen MR) is 89.8 cm³/mol. The largest absolute Gasteiger partial charge is 0.509 e. The maximum atomic E-state index is 10.5. The van der Waals surface area contributed by atoms with Crippen LogP contribution in [0.25, 0.3) is 0 Å². The molecule has 3 heteroatoms. The van der Waals surface area contributed by atoms with E-state index in [2.05, 4.69) is 20.4 Å². The molecule has 0 amide bonds. The van der Waals surface area contributed by atoms with Gasteiger partial charge >= 0.3 is 0 Å². The van der Waals surface area contributed by atoms with Crippen molar-refractivity contribution < 1.29 is 15.3 Å². The Labute approximate surface area is 139 Å². The maximum absolute atomic E-state index is 10.5. The van der Waals surface area contributed by atoms with Crippen molar-refractivity contribution in [3.8, 4) is 0 Å². The lowest BCUT2D eigenvalue weighted by Crippen LogP contribution is -2.52. The van der Waals surface area contributed by atoms with E-state index in [9.17, 15) is 15.3 Å². The Morgan fingerprint density at radius 2 is 1.74 bits per heavy atom. The highest BCUT2D eigenvalue weighted by Crippen LogP contribution is 2.66. The first kappa shape index (κ1) is 15.7. The van der Waals surface area contributed by atoms with Gasteiger partial charge in [-0.3, -0.25) is 0 Å². The van der Waals surface area contributed by atoms with Crippen LogP contribution in [0, 0.1) is 28.6 Å². The van der Waals surface area contributed by atoms with E-state index in [4.69, 9.17) is 0 Å². The summed E-state index contributed by atoms with van der Waals surface area (Å²) in [4.78, 5) is 0. The van der Waals surface area contributed by atoms with Crippen LogP contribution >= 0.6 is 0 Å². The summed E-state index contributed by atoms with van der Waals surface area (Å²) in [6.07, 6.45) is 5.87. The van der Waals surface area contributed by atoms with Gasteiger partial charge in [0.15, 0.2) is 0 Å². The fourth-order valence-corrected chi connectivity index (χ4v) is 6.84. The molecule has 0 unspecified atom stereocenters. The van der Waals surface area contributed by atoms with Crippen LogP contribution in [-0.2, 0) is 0 Å². The lowest BCUT2D eigenvalue weighted by Gasteiger charge is -2.58. The molecule has 4 aliphatic rings. The summed E-state index contributed by atoms with van der Waals surface area (Å²) in [5, 5.41) is 31.1. The van der Waals surface area contributed by atoms with Crippen LogP contribution in [-0.4, -0.2) is 27.5 Å². The Balaban J connectivity index is 1.76. The zero-order valence-corrected chi connectivity index (χ0v) is 14.4. The van der Waals surface area contributed by atoms with Gasteiger partial charge in [0.05, 0.1) is 6.10 Å². The van der Waals surface area contributed by atoms with Crippen molar-refractivity contribution in [2.45, 2.75) is 71.0 Å². The quantitative estimate of drug-likeness (QED) is 0.638. The fourth-order valence-electron chi connectivity index (χ4n) is 6.84. The third kappa shape index (κ3) is 1.90. The monoisotopic (exact) mass is 318 g/mol. The average molecular weight is 318 g/mol. The zero-order chi connectivity index (χ0) is 16.6. The summed E-state index contributed by atoms with van der Waals surface area (Å²) < 4.78 is 0. The molecule has 4 rings (SSSR count). The van der Waals surface area contributed by atoms with Crippen LogP contribution in [0.1, 0.15) is 58.8 Å². The highest BCUT2D eigenvalue weighted by molar-refractivity contribution is 5.43. The van der Waals surface area contributed by atoms with Crippen LogP contribution in [0.2, 0.25) is 0 Å². The molecule has 0 spiro atoms. The number of hydrogen-bond donors (Lipinski definition) is 3. The summed E-state index contributed by atoms with van der Waals surface area (Å²) in [7, 11) is 0. The molecule has 3 saturated carbocycles. The SMILES string of the molecule is C=C1C[C@H]2[C@@H]3CC[C@H](O)[C@@]3(C)CC[C@@H]2[C@@]2(C)CC[C@H](O)C(O)=C12. The van der Waals surface area contributed by atoms with E-state index < -0.39 is 6.10 Å². The lowest BCUT2D eigenvalue weighted by atomic mass is 9.46. The third-order valence-corrected chi connectivity index (χ3v) is 8.12. The molecule has 0 saturated heterocycles. The summed E-state index contributed by atoms with van der Waals surface area (Å²) in [5.41, 5.74) is 1.99. The molecular weight excluding hydrogens is 288 g/mol. The third-order valence-electron chi connectivity index (χ3n) is 8.12. The van der Waals surface area contributed by atoms with Crippen molar-refractivity contribution in [3.63, 3.8) is 0 Å². The molecule has 0 aromatic carbocycles. The van der Waals surface area contributed by atoms with E-state index in [1.165, 1.54) is 0 Å². The maximum Gasteiger partial charge on any atom is 0.125 e. The van der Waals surface area contributed by atoms with Crippen LogP contribution < -0.4 is 0 Å². The molecule has 128 valence electrons. The van der Waals surface area contributed by atoms with Gasteiger partial charge < -0.3 is 15.3 Å². The van der Waals surface area contributed by atoms with Crippen molar-refractivity contribution >= 4 is 0 Å². The second kappa shape index (κ2) is 4.86. The van der Waals surface area contributed by atoms with Crippen molar-refractivity contribution in [2.75, 3.05) is 0 Å². The minimum absolute atomic E-state index is 0.0574. The molecule has 3 N–H and O–H groups in total. The standard InChI is InChI=1S/C20H30O3/c1-11-10-12-13-4-5-16(22)19(13,2)8-6-14(12)20(3)9-7-15(21)18(23)17(11)20/h12-16,21-23H,1,4-10H2,2-3H3/t12-,13-,14-,15-,16-,19-,20+/m0/s1. The van der Waals surface area contributed by atoms with Crippen molar-refractivity contribution in [3.05, 3.63) is 23.5 Å². The first-order valence-electron chi connectivity index (χ1n) is 9.27. The molecule has 3 fully saturated rings. The summed E-state index contributed by atoms with van der Waals surface area (Å²) >= 11 is 0. The molecule has 0 aliphatic heterocycles. The Hall–Kier alpha value is -0.800. The van der Waals surface area contributed by atoms with E-state index in [0.29, 0.717) is 24.2 Å². The first-order valence-corrected chi connectivity index (χ1v) is 9.27. The van der Waals surface area contributed by atoms with Crippen molar-refractivity contribution in [2.24, 2.45) is 28.6 Å². The molecule has 4 aliphatic carbocycles. The molecule has 0 heterocycles. The Morgan fingerprint density at radius 3 is 2.48 bits per heavy atom. The van der Waals surface area contributed by atoms with Crippen LogP contribution in [0.15, 0.2) is 23.5 Å². The normalized spacial score (nSPS) is 52.9. The van der Waals surface area contributed by atoms with Gasteiger partial charge in [0.2, 0.25) is 0 Å². The first-order chi connectivity index (χ1) is 10.8. The second-order valence-corrected chi connectivity index (χ2v) is 9.05. The van der Waals surface area contributed by atoms with Crippen molar-refractivity contribution in [1.29, 1.82) is 0 Å². The fraction of sp³-hybridized carbons (Fsp3) is 0.800. The number of aliphatic hydroxyl groups is 3. The number of fused-ring (bicyclic) bond motifs is 5.